The lowest BCUT2D eigenvalue weighted by Gasteiger charge is -2.50. The van der Waals surface area contributed by atoms with Gasteiger partial charge in [-0.25, -0.2) is 0 Å². The fraction of sp³-hybridized carbons (Fsp3) is 1.00. The van der Waals surface area contributed by atoms with Crippen molar-refractivity contribution in [3.8, 4) is 0 Å². The fourth-order valence-electron chi connectivity index (χ4n) is 3.39. The molecule has 1 unspecified atom stereocenters. The van der Waals surface area contributed by atoms with Crippen molar-refractivity contribution < 1.29 is 0 Å². The van der Waals surface area contributed by atoms with E-state index in [4.69, 9.17) is 0 Å². The minimum atomic E-state index is 0.405. The number of rotatable bonds is 7. The molecule has 1 aliphatic rings. The van der Waals surface area contributed by atoms with Gasteiger partial charge < -0.3 is 5.32 Å². The molecule has 0 amide bonds. The van der Waals surface area contributed by atoms with E-state index in [0.29, 0.717) is 11.6 Å². The minimum absolute atomic E-state index is 0.405. The third-order valence-corrected chi connectivity index (χ3v) is 4.88. The molecule has 0 aliphatic carbocycles. The van der Waals surface area contributed by atoms with Crippen LogP contribution >= 0.6 is 0 Å². The van der Waals surface area contributed by atoms with E-state index in [-0.39, 0.29) is 0 Å². The van der Waals surface area contributed by atoms with Crippen molar-refractivity contribution in [3.05, 3.63) is 0 Å². The summed E-state index contributed by atoms with van der Waals surface area (Å²) in [6, 6.07) is 0.693. The molecule has 1 N–H and O–H groups in total. The SMILES string of the molecule is CCC1(CC)CNC(CC(C)C)CN1CCC(C)C. The third kappa shape index (κ3) is 4.75. The molecule has 1 saturated heterocycles. The van der Waals surface area contributed by atoms with Gasteiger partial charge in [-0.3, -0.25) is 4.90 Å². The van der Waals surface area contributed by atoms with E-state index in [9.17, 15) is 0 Å². The summed E-state index contributed by atoms with van der Waals surface area (Å²) in [7, 11) is 0. The van der Waals surface area contributed by atoms with Crippen LogP contribution in [0.25, 0.3) is 0 Å². The van der Waals surface area contributed by atoms with Crippen molar-refractivity contribution in [2.75, 3.05) is 19.6 Å². The van der Waals surface area contributed by atoms with Gasteiger partial charge in [0.15, 0.2) is 0 Å². The normalized spacial score (nSPS) is 24.3. The number of piperazine rings is 1. The maximum absolute atomic E-state index is 3.82. The van der Waals surface area contributed by atoms with E-state index < -0.39 is 0 Å². The number of nitrogens with zero attached hydrogens (tertiary/aromatic N) is 1. The molecule has 1 fully saturated rings. The number of hydrogen-bond acceptors (Lipinski definition) is 2. The van der Waals surface area contributed by atoms with Gasteiger partial charge >= 0.3 is 0 Å². The molecule has 0 saturated carbocycles. The largest absolute Gasteiger partial charge is 0.311 e. The zero-order valence-electron chi connectivity index (χ0n) is 14.1. The monoisotopic (exact) mass is 268 g/mol. The van der Waals surface area contributed by atoms with Crippen molar-refractivity contribution in [1.29, 1.82) is 0 Å². The Labute approximate surface area is 121 Å². The van der Waals surface area contributed by atoms with Crippen molar-refractivity contribution in [2.45, 2.75) is 78.8 Å². The fourth-order valence-corrected chi connectivity index (χ4v) is 3.39. The second-order valence-corrected chi connectivity index (χ2v) is 7.27. The first kappa shape index (κ1) is 17.0. The lowest BCUT2D eigenvalue weighted by Crippen LogP contribution is -2.64. The Kier molecular flexibility index (Phi) is 6.82. The second kappa shape index (κ2) is 7.64. The molecule has 114 valence electrons. The molecular formula is C17H36N2. The van der Waals surface area contributed by atoms with Crippen LogP contribution in [0.1, 0.15) is 67.2 Å². The molecule has 2 heteroatoms. The summed E-state index contributed by atoms with van der Waals surface area (Å²) < 4.78 is 0. The lowest BCUT2D eigenvalue weighted by atomic mass is 9.85. The molecule has 1 heterocycles. The van der Waals surface area contributed by atoms with Crippen molar-refractivity contribution in [1.82, 2.24) is 10.2 Å². The highest BCUT2D eigenvalue weighted by molar-refractivity contribution is 4.97. The summed E-state index contributed by atoms with van der Waals surface area (Å²) in [6.45, 7) is 17.8. The van der Waals surface area contributed by atoms with Gasteiger partial charge in [-0.1, -0.05) is 41.5 Å². The molecule has 1 aliphatic heterocycles. The van der Waals surface area contributed by atoms with E-state index in [0.717, 1.165) is 11.8 Å². The molecule has 0 aromatic rings. The first-order valence-corrected chi connectivity index (χ1v) is 8.42. The summed E-state index contributed by atoms with van der Waals surface area (Å²) in [4.78, 5) is 2.80. The molecule has 0 aromatic carbocycles. The minimum Gasteiger partial charge on any atom is -0.311 e. The Morgan fingerprint density at radius 1 is 1.11 bits per heavy atom. The molecule has 0 bridgehead atoms. The smallest absolute Gasteiger partial charge is 0.0329 e. The highest BCUT2D eigenvalue weighted by Gasteiger charge is 2.38. The van der Waals surface area contributed by atoms with E-state index in [1.807, 2.05) is 0 Å². The second-order valence-electron chi connectivity index (χ2n) is 7.27. The summed E-state index contributed by atoms with van der Waals surface area (Å²) in [5.74, 6) is 1.60. The molecule has 19 heavy (non-hydrogen) atoms. The van der Waals surface area contributed by atoms with E-state index in [2.05, 4.69) is 51.8 Å². The highest BCUT2D eigenvalue weighted by Crippen LogP contribution is 2.28. The highest BCUT2D eigenvalue weighted by atomic mass is 15.3. The van der Waals surface area contributed by atoms with E-state index in [1.165, 1.54) is 45.3 Å². The zero-order valence-corrected chi connectivity index (χ0v) is 14.1. The lowest BCUT2D eigenvalue weighted by molar-refractivity contribution is 0.0242. The molecule has 1 rings (SSSR count). The van der Waals surface area contributed by atoms with Gasteiger partial charge in [0, 0.05) is 24.7 Å². The predicted octanol–water partition coefficient (Wildman–Crippen LogP) is 3.91. The van der Waals surface area contributed by atoms with Gasteiger partial charge in [-0.2, -0.15) is 0 Å². The molecule has 0 spiro atoms. The maximum Gasteiger partial charge on any atom is 0.0329 e. The van der Waals surface area contributed by atoms with Crippen LogP contribution in [0.2, 0.25) is 0 Å². The third-order valence-electron chi connectivity index (χ3n) is 4.88. The topological polar surface area (TPSA) is 15.3 Å². The van der Waals surface area contributed by atoms with Crippen LogP contribution in [0.3, 0.4) is 0 Å². The summed E-state index contributed by atoms with van der Waals surface area (Å²) >= 11 is 0. The Bertz CT molecular complexity index is 244. The van der Waals surface area contributed by atoms with Crippen molar-refractivity contribution in [2.24, 2.45) is 11.8 Å². The number of nitrogens with one attached hydrogen (secondary N) is 1. The Morgan fingerprint density at radius 2 is 1.74 bits per heavy atom. The quantitative estimate of drug-likeness (QED) is 0.753. The molecule has 2 nitrogen and oxygen atoms in total. The Balaban J connectivity index is 2.68. The molecule has 0 radical (unpaired) electrons. The summed E-state index contributed by atoms with van der Waals surface area (Å²) in [6.07, 6.45) is 5.17. The summed E-state index contributed by atoms with van der Waals surface area (Å²) in [5, 5.41) is 3.82. The van der Waals surface area contributed by atoms with Crippen molar-refractivity contribution >= 4 is 0 Å². The first-order chi connectivity index (χ1) is 8.93. The Hall–Kier alpha value is -0.0800. The van der Waals surface area contributed by atoms with Gasteiger partial charge in [0.05, 0.1) is 0 Å². The van der Waals surface area contributed by atoms with Crippen LogP contribution in [0.15, 0.2) is 0 Å². The van der Waals surface area contributed by atoms with Crippen LogP contribution in [0.4, 0.5) is 0 Å². The number of hydrogen-bond donors (Lipinski definition) is 1. The predicted molar refractivity (Wildman–Crippen MR) is 85.6 cm³/mol. The molecular weight excluding hydrogens is 232 g/mol. The first-order valence-electron chi connectivity index (χ1n) is 8.42. The average Bonchev–Trinajstić information content (AvgIpc) is 2.36. The van der Waals surface area contributed by atoms with Crippen LogP contribution < -0.4 is 5.32 Å². The zero-order chi connectivity index (χ0) is 14.5. The van der Waals surface area contributed by atoms with Gasteiger partial charge in [0.2, 0.25) is 0 Å². The standard InChI is InChI=1S/C17H36N2/c1-7-17(8-2)13-18-16(11-15(5)6)12-19(17)10-9-14(3)4/h14-16,18H,7-13H2,1-6H3. The van der Waals surface area contributed by atoms with Gasteiger partial charge in [0.25, 0.3) is 0 Å². The van der Waals surface area contributed by atoms with Crippen LogP contribution in [0.5, 0.6) is 0 Å². The van der Waals surface area contributed by atoms with E-state index in [1.54, 1.807) is 0 Å². The summed E-state index contributed by atoms with van der Waals surface area (Å²) in [5.41, 5.74) is 0.405. The average molecular weight is 268 g/mol. The molecule has 1 atom stereocenters. The van der Waals surface area contributed by atoms with E-state index >= 15 is 0 Å². The van der Waals surface area contributed by atoms with Crippen LogP contribution in [-0.4, -0.2) is 36.1 Å². The van der Waals surface area contributed by atoms with Gasteiger partial charge in [-0.05, 0) is 44.1 Å². The Morgan fingerprint density at radius 3 is 2.21 bits per heavy atom. The van der Waals surface area contributed by atoms with Gasteiger partial charge in [0.1, 0.15) is 0 Å². The van der Waals surface area contributed by atoms with Crippen LogP contribution in [0, 0.1) is 11.8 Å². The molecule has 0 aromatic heterocycles. The van der Waals surface area contributed by atoms with Gasteiger partial charge in [-0.15, -0.1) is 0 Å². The van der Waals surface area contributed by atoms with Crippen molar-refractivity contribution in [3.63, 3.8) is 0 Å². The van der Waals surface area contributed by atoms with Crippen LogP contribution in [-0.2, 0) is 0 Å². The maximum atomic E-state index is 3.82.